The topological polar surface area (TPSA) is 67.2 Å². The molecule has 1 N–H and O–H groups in total. The number of fused-ring (bicyclic) bond motifs is 1. The van der Waals surface area contributed by atoms with Gasteiger partial charge in [-0.3, -0.25) is 14.6 Å². The average molecular weight is 417 g/mol. The molecule has 0 saturated heterocycles. The Bertz CT molecular complexity index is 1130. The highest BCUT2D eigenvalue weighted by atomic mass is 35.5. The standard InChI is InChI=1S/C20H15ClF2N4O2/c1-11-10-27(14-2-3-15(21)16(23)7-14)20(29)18-17(4-5-26(11)18)25-19(28)12-6-13(22)9-24-8-12/h2-9,11H,10H2,1H3,(H,25,28)/t11-/m0/s1. The fourth-order valence-corrected chi connectivity index (χ4v) is 3.43. The summed E-state index contributed by atoms with van der Waals surface area (Å²) in [7, 11) is 0. The van der Waals surface area contributed by atoms with Crippen molar-refractivity contribution in [2.75, 3.05) is 16.8 Å². The van der Waals surface area contributed by atoms with E-state index in [1.54, 1.807) is 22.9 Å². The number of amides is 2. The monoisotopic (exact) mass is 416 g/mol. The van der Waals surface area contributed by atoms with Crippen LogP contribution >= 0.6 is 11.6 Å². The van der Waals surface area contributed by atoms with E-state index in [1.807, 2.05) is 6.92 Å². The summed E-state index contributed by atoms with van der Waals surface area (Å²) in [6, 6.07) is 6.67. The lowest BCUT2D eigenvalue weighted by Gasteiger charge is -2.33. The highest BCUT2D eigenvalue weighted by Crippen LogP contribution is 2.32. The van der Waals surface area contributed by atoms with E-state index < -0.39 is 23.4 Å². The van der Waals surface area contributed by atoms with Gasteiger partial charge in [0.25, 0.3) is 11.8 Å². The third-order valence-electron chi connectivity index (χ3n) is 4.71. The van der Waals surface area contributed by atoms with Crippen molar-refractivity contribution in [1.29, 1.82) is 0 Å². The van der Waals surface area contributed by atoms with Gasteiger partial charge in [0.05, 0.1) is 22.5 Å². The third kappa shape index (κ3) is 3.47. The average Bonchev–Trinajstić information content (AvgIpc) is 3.11. The minimum atomic E-state index is -0.641. The minimum absolute atomic E-state index is 0.0258. The summed E-state index contributed by atoms with van der Waals surface area (Å²) in [5.41, 5.74) is 0.910. The molecule has 3 heterocycles. The first-order valence-corrected chi connectivity index (χ1v) is 9.12. The molecule has 0 bridgehead atoms. The maximum absolute atomic E-state index is 13.9. The molecule has 6 nitrogen and oxygen atoms in total. The molecule has 2 amide bonds. The van der Waals surface area contributed by atoms with E-state index in [0.29, 0.717) is 12.2 Å². The molecule has 1 atom stereocenters. The molecule has 0 spiro atoms. The quantitative estimate of drug-likeness (QED) is 0.692. The van der Waals surface area contributed by atoms with Crippen LogP contribution in [0.3, 0.4) is 0 Å². The van der Waals surface area contributed by atoms with Gasteiger partial charge in [0, 0.05) is 30.7 Å². The number of hydrogen-bond acceptors (Lipinski definition) is 3. The molecule has 1 aliphatic heterocycles. The van der Waals surface area contributed by atoms with Crippen molar-refractivity contribution < 1.29 is 18.4 Å². The molecule has 29 heavy (non-hydrogen) atoms. The van der Waals surface area contributed by atoms with Crippen LogP contribution in [0.2, 0.25) is 5.02 Å². The van der Waals surface area contributed by atoms with Gasteiger partial charge in [-0.15, -0.1) is 0 Å². The van der Waals surface area contributed by atoms with Gasteiger partial charge in [-0.05, 0) is 37.3 Å². The van der Waals surface area contributed by atoms with Crippen LogP contribution in [0.25, 0.3) is 0 Å². The van der Waals surface area contributed by atoms with Crippen LogP contribution in [0.1, 0.15) is 33.8 Å². The largest absolute Gasteiger partial charge is 0.337 e. The van der Waals surface area contributed by atoms with Crippen LogP contribution in [0.15, 0.2) is 48.9 Å². The first-order valence-electron chi connectivity index (χ1n) is 8.75. The number of rotatable bonds is 3. The van der Waals surface area contributed by atoms with Crippen LogP contribution < -0.4 is 10.2 Å². The van der Waals surface area contributed by atoms with Crippen LogP contribution in [0.4, 0.5) is 20.2 Å². The number of benzene rings is 1. The summed E-state index contributed by atoms with van der Waals surface area (Å²) in [5, 5.41) is 2.59. The summed E-state index contributed by atoms with van der Waals surface area (Å²) < 4.78 is 29.0. The summed E-state index contributed by atoms with van der Waals surface area (Å²) in [6.45, 7) is 2.22. The van der Waals surface area contributed by atoms with Gasteiger partial charge < -0.3 is 14.8 Å². The van der Waals surface area contributed by atoms with Crippen LogP contribution in [-0.4, -0.2) is 27.9 Å². The Morgan fingerprint density at radius 2 is 2.03 bits per heavy atom. The lowest BCUT2D eigenvalue weighted by molar-refractivity contribution is 0.0958. The number of aromatic nitrogens is 2. The lowest BCUT2D eigenvalue weighted by atomic mass is 10.1. The highest BCUT2D eigenvalue weighted by Gasteiger charge is 2.33. The number of nitrogens with zero attached hydrogens (tertiary/aromatic N) is 3. The van der Waals surface area contributed by atoms with E-state index >= 15 is 0 Å². The number of nitrogens with one attached hydrogen (secondary N) is 1. The molecule has 1 aromatic carbocycles. The molecule has 3 aromatic rings. The second-order valence-electron chi connectivity index (χ2n) is 6.69. The summed E-state index contributed by atoms with van der Waals surface area (Å²) in [5.74, 6) is -2.27. The fraction of sp³-hybridized carbons (Fsp3) is 0.150. The number of carbonyl (C=O) groups excluding carboxylic acids is 2. The van der Waals surface area contributed by atoms with E-state index in [-0.39, 0.29) is 28.0 Å². The number of halogens is 3. The van der Waals surface area contributed by atoms with Crippen molar-refractivity contribution in [3.05, 3.63) is 76.8 Å². The normalized spacial score (nSPS) is 15.9. The number of carbonyl (C=O) groups is 2. The van der Waals surface area contributed by atoms with Crippen molar-refractivity contribution in [3.63, 3.8) is 0 Å². The van der Waals surface area contributed by atoms with E-state index in [1.165, 1.54) is 23.2 Å². The molecule has 0 unspecified atom stereocenters. The zero-order chi connectivity index (χ0) is 20.7. The van der Waals surface area contributed by atoms with Gasteiger partial charge in [0.1, 0.15) is 17.3 Å². The van der Waals surface area contributed by atoms with Gasteiger partial charge in [0.2, 0.25) is 0 Å². The Labute approximate surface area is 169 Å². The van der Waals surface area contributed by atoms with Crippen molar-refractivity contribution in [2.45, 2.75) is 13.0 Å². The van der Waals surface area contributed by atoms with Crippen molar-refractivity contribution in [2.24, 2.45) is 0 Å². The van der Waals surface area contributed by atoms with Crippen LogP contribution in [0, 0.1) is 11.6 Å². The van der Waals surface area contributed by atoms with Gasteiger partial charge in [-0.25, -0.2) is 8.78 Å². The molecular weight excluding hydrogens is 402 g/mol. The second kappa shape index (κ2) is 7.29. The summed E-state index contributed by atoms with van der Waals surface area (Å²) >= 11 is 5.74. The SMILES string of the molecule is C[C@H]1CN(c2ccc(Cl)c(F)c2)C(=O)c2c(NC(=O)c3cncc(F)c3)ccn21. The fourth-order valence-electron chi connectivity index (χ4n) is 3.31. The molecule has 2 aromatic heterocycles. The zero-order valence-corrected chi connectivity index (χ0v) is 16.0. The van der Waals surface area contributed by atoms with Gasteiger partial charge in [-0.2, -0.15) is 0 Å². The van der Waals surface area contributed by atoms with Crippen LogP contribution in [-0.2, 0) is 0 Å². The number of pyridine rings is 1. The molecule has 4 rings (SSSR count). The van der Waals surface area contributed by atoms with E-state index in [0.717, 1.165) is 12.3 Å². The Balaban J connectivity index is 1.67. The van der Waals surface area contributed by atoms with Crippen molar-refractivity contribution in [3.8, 4) is 0 Å². The third-order valence-corrected chi connectivity index (χ3v) is 5.02. The number of hydrogen-bond donors (Lipinski definition) is 1. The first kappa shape index (κ1) is 19.1. The van der Waals surface area contributed by atoms with Crippen molar-refractivity contribution >= 4 is 34.8 Å². The Morgan fingerprint density at radius 3 is 2.76 bits per heavy atom. The molecule has 148 valence electrons. The zero-order valence-electron chi connectivity index (χ0n) is 15.2. The molecule has 0 fully saturated rings. The molecule has 9 heteroatoms. The predicted molar refractivity (Wildman–Crippen MR) is 104 cm³/mol. The molecule has 0 aliphatic carbocycles. The predicted octanol–water partition coefficient (Wildman–Crippen LogP) is 4.29. The van der Waals surface area contributed by atoms with Crippen molar-refractivity contribution in [1.82, 2.24) is 9.55 Å². The Hall–Kier alpha value is -3.26. The molecule has 0 radical (unpaired) electrons. The minimum Gasteiger partial charge on any atom is -0.337 e. The Morgan fingerprint density at radius 1 is 1.24 bits per heavy atom. The van der Waals surface area contributed by atoms with E-state index in [2.05, 4.69) is 10.3 Å². The first-order chi connectivity index (χ1) is 13.8. The molecule has 0 saturated carbocycles. The molecule has 1 aliphatic rings. The number of anilines is 2. The van der Waals surface area contributed by atoms with Gasteiger partial charge >= 0.3 is 0 Å². The van der Waals surface area contributed by atoms with Gasteiger partial charge in [0.15, 0.2) is 0 Å². The van der Waals surface area contributed by atoms with Crippen LogP contribution in [0.5, 0.6) is 0 Å². The summed E-state index contributed by atoms with van der Waals surface area (Å²) in [4.78, 5) is 30.7. The van der Waals surface area contributed by atoms with E-state index in [9.17, 15) is 18.4 Å². The summed E-state index contributed by atoms with van der Waals surface area (Å²) in [6.07, 6.45) is 3.91. The maximum atomic E-state index is 13.9. The molecular formula is C20H15ClF2N4O2. The van der Waals surface area contributed by atoms with Gasteiger partial charge in [-0.1, -0.05) is 11.6 Å². The second-order valence-corrected chi connectivity index (χ2v) is 7.10. The highest BCUT2D eigenvalue weighted by molar-refractivity contribution is 6.30. The smallest absolute Gasteiger partial charge is 0.277 e. The van der Waals surface area contributed by atoms with E-state index in [4.69, 9.17) is 11.6 Å². The lowest BCUT2D eigenvalue weighted by Crippen LogP contribution is -2.42. The maximum Gasteiger partial charge on any atom is 0.277 e. The Kier molecular flexibility index (Phi) is 4.79.